The number of unbranched alkanes of at least 4 members (excludes halogenated alkanes) is 2. The quantitative estimate of drug-likeness (QED) is 0.635. The topological polar surface area (TPSA) is 90.2 Å². The van der Waals surface area contributed by atoms with E-state index in [1.807, 2.05) is 39.0 Å². The zero-order valence-corrected chi connectivity index (χ0v) is 20.8. The molecule has 3 aliphatic heterocycles. The average Bonchev–Trinajstić information content (AvgIpc) is 3.39. The van der Waals surface area contributed by atoms with Crippen LogP contribution in [0.1, 0.15) is 57.3 Å². The number of nitrogens with one attached hydrogen (secondary N) is 1. The first-order valence-electron chi connectivity index (χ1n) is 12.0. The molecule has 9 nitrogen and oxygen atoms in total. The zero-order valence-electron chi connectivity index (χ0n) is 20.0. The fourth-order valence-electron chi connectivity index (χ4n) is 5.18. The standard InChI is InChI=1S/C24H30N6O3S/c1-5-8-9-12-29-16-11-10-14(4)13-15(16)17(21(29)31)18-22(32)30-20-19(25-26-23(30)34-18)27(6-2)24(33)28(20)7-3/h10-11,13,19-20,25H,5-9,12H2,1-4H3/b18-17-. The molecule has 2 unspecified atom stereocenters. The maximum absolute atomic E-state index is 13.9. The van der Waals surface area contributed by atoms with Crippen LogP contribution in [0.15, 0.2) is 28.1 Å². The molecule has 0 radical (unpaired) electrons. The molecule has 2 atom stereocenters. The molecule has 1 saturated heterocycles. The lowest BCUT2D eigenvalue weighted by Gasteiger charge is -2.29. The number of rotatable bonds is 6. The molecule has 1 fully saturated rings. The van der Waals surface area contributed by atoms with Crippen LogP contribution in [0, 0.1) is 6.92 Å². The van der Waals surface area contributed by atoms with Gasteiger partial charge in [0.05, 0.1) is 11.3 Å². The van der Waals surface area contributed by atoms with Crippen molar-refractivity contribution in [2.75, 3.05) is 24.5 Å². The van der Waals surface area contributed by atoms with Gasteiger partial charge < -0.3 is 4.90 Å². The minimum Gasteiger partial charge on any atom is -0.308 e. The Morgan fingerprint density at radius 1 is 1.06 bits per heavy atom. The Labute approximate surface area is 202 Å². The molecule has 5 rings (SSSR count). The zero-order chi connectivity index (χ0) is 24.1. The molecule has 3 aliphatic rings. The number of hydrogen-bond acceptors (Lipinski definition) is 6. The molecule has 0 bridgehead atoms. The normalized spacial score (nSPS) is 22.5. The molecular weight excluding hydrogens is 452 g/mol. The number of amides is 3. The number of benzene rings is 1. The molecule has 3 amide bonds. The van der Waals surface area contributed by atoms with Gasteiger partial charge in [0.25, 0.3) is 11.5 Å². The summed E-state index contributed by atoms with van der Waals surface area (Å²) in [5.41, 5.74) is 5.94. The molecule has 0 aliphatic carbocycles. The van der Waals surface area contributed by atoms with E-state index < -0.39 is 12.3 Å². The molecule has 34 heavy (non-hydrogen) atoms. The number of hydrogen-bond donors (Lipinski definition) is 1. The van der Waals surface area contributed by atoms with Gasteiger partial charge in [-0.15, -0.1) is 5.10 Å². The SMILES string of the molecule is CCCCCN1C(=O)/C(=c2\sc3n(c2=O)C2C(NN=3)N(CC)C(=O)N2CC)c2cc(C)ccc21. The maximum atomic E-state index is 13.9. The molecule has 2 aromatic rings. The highest BCUT2D eigenvalue weighted by atomic mass is 32.1. The van der Waals surface area contributed by atoms with Crippen molar-refractivity contribution in [3.05, 3.63) is 49.0 Å². The molecule has 0 saturated carbocycles. The number of likely N-dealkylation sites (N-methyl/N-ethyl adjacent to an activating group) is 2. The number of anilines is 1. The third kappa shape index (κ3) is 3.19. The van der Waals surface area contributed by atoms with Gasteiger partial charge >= 0.3 is 6.03 Å². The minimum atomic E-state index is -0.503. The van der Waals surface area contributed by atoms with E-state index in [2.05, 4.69) is 17.5 Å². The Morgan fingerprint density at radius 3 is 2.53 bits per heavy atom. The Bertz CT molecular complexity index is 1350. The second-order valence-electron chi connectivity index (χ2n) is 8.90. The number of thiazole rings is 1. The summed E-state index contributed by atoms with van der Waals surface area (Å²) in [7, 11) is 0. The molecule has 1 aromatic carbocycles. The van der Waals surface area contributed by atoms with Crippen LogP contribution in [-0.2, 0) is 4.79 Å². The van der Waals surface area contributed by atoms with Gasteiger partial charge in [-0.3, -0.25) is 29.4 Å². The third-order valence-electron chi connectivity index (χ3n) is 6.86. The lowest BCUT2D eigenvalue weighted by atomic mass is 10.1. The Kier molecular flexibility index (Phi) is 5.71. The number of nitrogens with zero attached hydrogens (tertiary/aromatic N) is 5. The fourth-order valence-corrected chi connectivity index (χ4v) is 6.23. The van der Waals surface area contributed by atoms with Crippen LogP contribution in [0.2, 0.25) is 0 Å². The molecule has 10 heteroatoms. The monoisotopic (exact) mass is 482 g/mol. The van der Waals surface area contributed by atoms with E-state index in [0.29, 0.717) is 34.5 Å². The number of urea groups is 1. The summed E-state index contributed by atoms with van der Waals surface area (Å²) < 4.78 is 1.97. The van der Waals surface area contributed by atoms with Crippen molar-refractivity contribution >= 4 is 34.5 Å². The summed E-state index contributed by atoms with van der Waals surface area (Å²) in [6, 6.07) is 5.84. The van der Waals surface area contributed by atoms with E-state index in [1.54, 1.807) is 19.3 Å². The fraction of sp³-hybridized carbons (Fsp3) is 0.500. The number of fused-ring (bicyclic) bond motifs is 4. The smallest absolute Gasteiger partial charge is 0.308 e. The van der Waals surface area contributed by atoms with Gasteiger partial charge in [0.15, 0.2) is 12.3 Å². The number of aryl methyl sites for hydroxylation is 1. The van der Waals surface area contributed by atoms with Gasteiger partial charge in [-0.25, -0.2) is 4.79 Å². The van der Waals surface area contributed by atoms with Crippen LogP contribution in [0.4, 0.5) is 10.5 Å². The van der Waals surface area contributed by atoms with Crippen LogP contribution >= 0.6 is 11.3 Å². The molecule has 4 heterocycles. The first-order chi connectivity index (χ1) is 16.4. The van der Waals surface area contributed by atoms with Gasteiger partial charge in [0, 0.05) is 25.2 Å². The third-order valence-corrected chi connectivity index (χ3v) is 7.92. The first-order valence-corrected chi connectivity index (χ1v) is 12.8. The van der Waals surface area contributed by atoms with Crippen LogP contribution in [0.3, 0.4) is 0 Å². The Morgan fingerprint density at radius 2 is 1.82 bits per heavy atom. The first kappa shape index (κ1) is 22.6. The summed E-state index contributed by atoms with van der Waals surface area (Å²) in [5, 5.41) is 4.44. The van der Waals surface area contributed by atoms with E-state index in [0.717, 1.165) is 36.1 Å². The summed E-state index contributed by atoms with van der Waals surface area (Å²) in [4.78, 5) is 46.1. The number of carbonyl (C=O) groups excluding carboxylic acids is 2. The Hall–Kier alpha value is -3.14. The summed E-state index contributed by atoms with van der Waals surface area (Å²) in [5.74, 6) is -0.137. The van der Waals surface area contributed by atoms with Crippen molar-refractivity contribution in [2.24, 2.45) is 5.10 Å². The highest BCUT2D eigenvalue weighted by Crippen LogP contribution is 2.36. The van der Waals surface area contributed by atoms with Crippen molar-refractivity contribution in [1.29, 1.82) is 0 Å². The van der Waals surface area contributed by atoms with Crippen molar-refractivity contribution in [3.63, 3.8) is 0 Å². The van der Waals surface area contributed by atoms with E-state index in [9.17, 15) is 14.4 Å². The van der Waals surface area contributed by atoms with Crippen molar-refractivity contribution in [1.82, 2.24) is 19.8 Å². The molecule has 1 aromatic heterocycles. The molecular formula is C24H30N6O3S. The highest BCUT2D eigenvalue weighted by Gasteiger charge is 2.48. The largest absolute Gasteiger partial charge is 0.323 e. The van der Waals surface area contributed by atoms with Gasteiger partial charge in [0.1, 0.15) is 4.53 Å². The average molecular weight is 483 g/mol. The summed E-state index contributed by atoms with van der Waals surface area (Å²) in [6.45, 7) is 9.54. The lowest BCUT2D eigenvalue weighted by Crippen LogP contribution is -2.53. The predicted octanol–water partition coefficient (Wildman–Crippen LogP) is 1.69. The van der Waals surface area contributed by atoms with E-state index in [4.69, 9.17) is 0 Å². The van der Waals surface area contributed by atoms with Gasteiger partial charge in [0.2, 0.25) is 4.80 Å². The second-order valence-corrected chi connectivity index (χ2v) is 9.88. The van der Waals surface area contributed by atoms with E-state index >= 15 is 0 Å². The number of aromatic nitrogens is 1. The highest BCUT2D eigenvalue weighted by molar-refractivity contribution is 7.07. The van der Waals surface area contributed by atoms with Crippen LogP contribution in [0.25, 0.3) is 5.57 Å². The minimum absolute atomic E-state index is 0.122. The predicted molar refractivity (Wildman–Crippen MR) is 131 cm³/mol. The van der Waals surface area contributed by atoms with Gasteiger partial charge in [-0.05, 0) is 39.3 Å². The Balaban J connectivity index is 1.70. The van der Waals surface area contributed by atoms with E-state index in [-0.39, 0.29) is 17.5 Å². The number of carbonyl (C=O) groups is 2. The van der Waals surface area contributed by atoms with Crippen LogP contribution in [0.5, 0.6) is 0 Å². The van der Waals surface area contributed by atoms with E-state index in [1.165, 1.54) is 11.3 Å². The van der Waals surface area contributed by atoms with Crippen molar-refractivity contribution in [3.8, 4) is 0 Å². The molecule has 180 valence electrons. The lowest BCUT2D eigenvalue weighted by molar-refractivity contribution is -0.113. The van der Waals surface area contributed by atoms with Crippen LogP contribution in [-0.4, -0.2) is 52.1 Å². The van der Waals surface area contributed by atoms with Crippen molar-refractivity contribution in [2.45, 2.75) is 59.3 Å². The summed E-state index contributed by atoms with van der Waals surface area (Å²) >= 11 is 1.21. The second kappa shape index (κ2) is 8.57. The molecule has 0 spiro atoms. The van der Waals surface area contributed by atoms with Crippen LogP contribution < -0.4 is 25.2 Å². The molecule has 1 N–H and O–H groups in total. The van der Waals surface area contributed by atoms with Crippen molar-refractivity contribution < 1.29 is 9.59 Å². The maximum Gasteiger partial charge on any atom is 0.323 e. The van der Waals surface area contributed by atoms with Gasteiger partial charge in [-0.1, -0.05) is 42.7 Å². The van der Waals surface area contributed by atoms with Gasteiger partial charge in [-0.2, -0.15) is 0 Å². The summed E-state index contributed by atoms with van der Waals surface area (Å²) in [6.07, 6.45) is 2.09.